The maximum Gasteiger partial charge on any atom is 0.262 e. The van der Waals surface area contributed by atoms with Gasteiger partial charge in [-0.1, -0.05) is 19.1 Å². The van der Waals surface area contributed by atoms with Crippen LogP contribution in [0.4, 0.5) is 5.69 Å². The van der Waals surface area contributed by atoms with E-state index < -0.39 is 0 Å². The molecule has 1 heterocycles. The van der Waals surface area contributed by atoms with Crippen LogP contribution in [-0.2, 0) is 11.2 Å². The average Bonchev–Trinajstić information content (AvgIpc) is 2.82. The molecule has 5 heteroatoms. The Labute approximate surface area is 111 Å². The van der Waals surface area contributed by atoms with Gasteiger partial charge in [-0.3, -0.25) is 4.79 Å². The molecule has 0 saturated carbocycles. The first kappa shape index (κ1) is 13.1. The second-order valence-electron chi connectivity index (χ2n) is 4.17. The molecule has 0 fully saturated rings. The van der Waals surface area contributed by atoms with Gasteiger partial charge in [-0.15, -0.1) is 0 Å². The highest BCUT2D eigenvalue weighted by Crippen LogP contribution is 2.12. The first-order valence-corrected chi connectivity index (χ1v) is 6.12. The SMILES string of the molecule is CCc1cccc(NC(=O)COc2cc(C)on2)c1. The Morgan fingerprint density at radius 1 is 1.42 bits per heavy atom. The molecule has 1 aromatic heterocycles. The van der Waals surface area contributed by atoms with E-state index in [1.165, 1.54) is 5.56 Å². The lowest BCUT2D eigenvalue weighted by Gasteiger charge is -2.06. The van der Waals surface area contributed by atoms with Crippen molar-refractivity contribution in [2.24, 2.45) is 0 Å². The summed E-state index contributed by atoms with van der Waals surface area (Å²) in [4.78, 5) is 11.7. The summed E-state index contributed by atoms with van der Waals surface area (Å²) in [6.45, 7) is 3.73. The Bertz CT molecular complexity index is 563. The van der Waals surface area contributed by atoms with Crippen LogP contribution in [0, 0.1) is 6.92 Å². The van der Waals surface area contributed by atoms with Crippen molar-refractivity contribution in [3.05, 3.63) is 41.7 Å². The Hall–Kier alpha value is -2.30. The third-order valence-corrected chi connectivity index (χ3v) is 2.58. The standard InChI is InChI=1S/C14H16N2O3/c1-3-11-5-4-6-12(8-11)15-13(17)9-18-14-7-10(2)19-16-14/h4-8H,3,9H2,1-2H3,(H,15,17). The van der Waals surface area contributed by atoms with Crippen LogP contribution >= 0.6 is 0 Å². The smallest absolute Gasteiger partial charge is 0.262 e. The molecule has 0 atom stereocenters. The quantitative estimate of drug-likeness (QED) is 0.897. The number of aromatic nitrogens is 1. The summed E-state index contributed by atoms with van der Waals surface area (Å²) in [5.41, 5.74) is 1.94. The topological polar surface area (TPSA) is 64.4 Å². The number of benzene rings is 1. The van der Waals surface area contributed by atoms with E-state index in [1.807, 2.05) is 24.3 Å². The molecule has 1 N–H and O–H groups in total. The third kappa shape index (κ3) is 3.84. The van der Waals surface area contributed by atoms with Gasteiger partial charge in [-0.05, 0) is 36.2 Å². The van der Waals surface area contributed by atoms with E-state index in [0.29, 0.717) is 11.6 Å². The van der Waals surface area contributed by atoms with Crippen LogP contribution in [0.5, 0.6) is 5.88 Å². The van der Waals surface area contributed by atoms with Gasteiger partial charge >= 0.3 is 0 Å². The van der Waals surface area contributed by atoms with Crippen LogP contribution in [0.25, 0.3) is 0 Å². The number of rotatable bonds is 5. The van der Waals surface area contributed by atoms with Crippen LogP contribution in [0.1, 0.15) is 18.2 Å². The first-order chi connectivity index (χ1) is 9.17. The van der Waals surface area contributed by atoms with Gasteiger partial charge in [-0.2, -0.15) is 0 Å². The number of aryl methyl sites for hydroxylation is 2. The normalized spacial score (nSPS) is 10.2. The Morgan fingerprint density at radius 3 is 2.95 bits per heavy atom. The predicted molar refractivity (Wildman–Crippen MR) is 71.2 cm³/mol. The van der Waals surface area contributed by atoms with Gasteiger partial charge in [0, 0.05) is 11.8 Å². The van der Waals surface area contributed by atoms with Crippen molar-refractivity contribution in [1.29, 1.82) is 0 Å². The number of hydrogen-bond acceptors (Lipinski definition) is 4. The van der Waals surface area contributed by atoms with Crippen molar-refractivity contribution >= 4 is 11.6 Å². The number of nitrogens with one attached hydrogen (secondary N) is 1. The number of ether oxygens (including phenoxy) is 1. The van der Waals surface area contributed by atoms with Crippen molar-refractivity contribution in [2.75, 3.05) is 11.9 Å². The lowest BCUT2D eigenvalue weighted by atomic mass is 10.1. The number of hydrogen-bond donors (Lipinski definition) is 1. The molecule has 1 aromatic carbocycles. The summed E-state index contributed by atoms with van der Waals surface area (Å²) in [5, 5.41) is 6.42. The molecule has 0 unspecified atom stereocenters. The number of nitrogens with zero attached hydrogens (tertiary/aromatic N) is 1. The van der Waals surface area contributed by atoms with Crippen molar-refractivity contribution in [2.45, 2.75) is 20.3 Å². The minimum Gasteiger partial charge on any atom is -0.465 e. The Balaban J connectivity index is 1.86. The van der Waals surface area contributed by atoms with Crippen LogP contribution in [0.3, 0.4) is 0 Å². The van der Waals surface area contributed by atoms with Crippen LogP contribution in [-0.4, -0.2) is 17.7 Å². The molecule has 5 nitrogen and oxygen atoms in total. The van der Waals surface area contributed by atoms with Crippen molar-refractivity contribution in [3.8, 4) is 5.88 Å². The van der Waals surface area contributed by atoms with Crippen molar-refractivity contribution < 1.29 is 14.1 Å². The number of carbonyl (C=O) groups excluding carboxylic acids is 1. The minimum atomic E-state index is -0.228. The molecule has 0 radical (unpaired) electrons. The second kappa shape index (κ2) is 6.04. The number of carbonyl (C=O) groups is 1. The monoisotopic (exact) mass is 260 g/mol. The zero-order chi connectivity index (χ0) is 13.7. The number of amides is 1. The molecular weight excluding hydrogens is 244 g/mol. The van der Waals surface area contributed by atoms with Gasteiger partial charge in [0.2, 0.25) is 0 Å². The molecule has 0 saturated heterocycles. The molecule has 2 aromatic rings. The molecule has 2 rings (SSSR count). The summed E-state index contributed by atoms with van der Waals surface area (Å²) < 4.78 is 10.0. The Kier molecular flexibility index (Phi) is 4.18. The van der Waals surface area contributed by atoms with Crippen LogP contribution in [0.2, 0.25) is 0 Å². The van der Waals surface area contributed by atoms with E-state index in [-0.39, 0.29) is 12.5 Å². The summed E-state index contributed by atoms with van der Waals surface area (Å²) in [6.07, 6.45) is 0.929. The van der Waals surface area contributed by atoms with E-state index in [1.54, 1.807) is 13.0 Å². The van der Waals surface area contributed by atoms with Gasteiger partial charge in [-0.25, -0.2) is 0 Å². The van der Waals surface area contributed by atoms with Gasteiger partial charge in [0.15, 0.2) is 6.61 Å². The summed E-state index contributed by atoms with van der Waals surface area (Å²) in [7, 11) is 0. The largest absolute Gasteiger partial charge is 0.465 e. The molecule has 19 heavy (non-hydrogen) atoms. The van der Waals surface area contributed by atoms with Gasteiger partial charge < -0.3 is 14.6 Å². The van der Waals surface area contributed by atoms with Crippen LogP contribution in [0.15, 0.2) is 34.9 Å². The van der Waals surface area contributed by atoms with E-state index in [9.17, 15) is 4.79 Å². The lowest BCUT2D eigenvalue weighted by Crippen LogP contribution is -2.20. The molecular formula is C14H16N2O3. The lowest BCUT2D eigenvalue weighted by molar-refractivity contribution is -0.118. The molecule has 0 spiro atoms. The molecule has 1 amide bonds. The minimum absolute atomic E-state index is 0.0949. The van der Waals surface area contributed by atoms with Gasteiger partial charge in [0.05, 0.1) is 0 Å². The van der Waals surface area contributed by atoms with Crippen molar-refractivity contribution in [1.82, 2.24) is 5.16 Å². The van der Waals surface area contributed by atoms with Crippen molar-refractivity contribution in [3.63, 3.8) is 0 Å². The second-order valence-corrected chi connectivity index (χ2v) is 4.17. The fourth-order valence-corrected chi connectivity index (χ4v) is 1.62. The Morgan fingerprint density at radius 2 is 2.26 bits per heavy atom. The average molecular weight is 260 g/mol. The zero-order valence-electron chi connectivity index (χ0n) is 11.0. The zero-order valence-corrected chi connectivity index (χ0v) is 11.0. The molecule has 0 aliphatic rings. The highest BCUT2D eigenvalue weighted by atomic mass is 16.5. The maximum atomic E-state index is 11.7. The van der Waals surface area contributed by atoms with Gasteiger partial charge in [0.25, 0.3) is 11.8 Å². The van der Waals surface area contributed by atoms with E-state index in [0.717, 1.165) is 12.1 Å². The molecule has 100 valence electrons. The number of anilines is 1. The highest BCUT2D eigenvalue weighted by molar-refractivity contribution is 5.91. The van der Waals surface area contributed by atoms with E-state index in [2.05, 4.69) is 17.4 Å². The summed E-state index contributed by atoms with van der Waals surface area (Å²) >= 11 is 0. The molecule has 0 aliphatic heterocycles. The van der Waals surface area contributed by atoms with Gasteiger partial charge in [0.1, 0.15) is 5.76 Å². The molecule has 0 bridgehead atoms. The fraction of sp³-hybridized carbons (Fsp3) is 0.286. The van der Waals surface area contributed by atoms with E-state index in [4.69, 9.17) is 9.26 Å². The predicted octanol–water partition coefficient (Wildman–Crippen LogP) is 2.56. The maximum absolute atomic E-state index is 11.7. The fourth-order valence-electron chi connectivity index (χ4n) is 1.62. The summed E-state index contributed by atoms with van der Waals surface area (Å²) in [6, 6.07) is 9.35. The first-order valence-electron chi connectivity index (χ1n) is 6.12. The summed E-state index contributed by atoms with van der Waals surface area (Å²) in [5.74, 6) is 0.731. The van der Waals surface area contributed by atoms with Crippen LogP contribution < -0.4 is 10.1 Å². The molecule has 0 aliphatic carbocycles. The van der Waals surface area contributed by atoms with E-state index >= 15 is 0 Å². The third-order valence-electron chi connectivity index (χ3n) is 2.58. The highest BCUT2D eigenvalue weighted by Gasteiger charge is 2.06.